The average molecular weight is 293 g/mol. The van der Waals surface area contributed by atoms with E-state index in [-0.39, 0.29) is 10.7 Å². The highest BCUT2D eigenvalue weighted by atomic mass is 79.9. The van der Waals surface area contributed by atoms with Crippen molar-refractivity contribution in [3.05, 3.63) is 28.8 Å². The van der Waals surface area contributed by atoms with E-state index in [4.69, 9.17) is 22.1 Å². The molecular weight excluding hydrogens is 281 g/mol. The molecule has 15 heavy (non-hydrogen) atoms. The number of methoxy groups -OCH3 is 1. The molecule has 0 radical (unpaired) electrons. The zero-order chi connectivity index (χ0) is 11.4. The molecule has 1 aromatic carbocycles. The summed E-state index contributed by atoms with van der Waals surface area (Å²) in [6.07, 6.45) is 0.517. The normalized spacial score (nSPS) is 12.2. The van der Waals surface area contributed by atoms with Crippen LogP contribution in [0.1, 0.15) is 5.56 Å². The van der Waals surface area contributed by atoms with Crippen LogP contribution in [0, 0.1) is 0 Å². The van der Waals surface area contributed by atoms with Gasteiger partial charge in [-0.1, -0.05) is 33.6 Å². The van der Waals surface area contributed by atoms with Crippen LogP contribution in [0.2, 0.25) is 5.02 Å². The predicted octanol–water partition coefficient (Wildman–Crippen LogP) is 2.14. The fourth-order valence-corrected chi connectivity index (χ4v) is 1.71. The summed E-state index contributed by atoms with van der Waals surface area (Å²) in [5, 5.41) is 0.548. The molecule has 1 rings (SSSR count). The third-order valence-electron chi connectivity index (χ3n) is 1.94. The van der Waals surface area contributed by atoms with Gasteiger partial charge < -0.3 is 10.5 Å². The van der Waals surface area contributed by atoms with Crippen molar-refractivity contribution in [3.63, 3.8) is 0 Å². The van der Waals surface area contributed by atoms with Crippen LogP contribution in [0.4, 0.5) is 0 Å². The van der Waals surface area contributed by atoms with Crippen LogP contribution in [0.25, 0.3) is 0 Å². The van der Waals surface area contributed by atoms with Crippen molar-refractivity contribution in [2.24, 2.45) is 5.73 Å². The van der Waals surface area contributed by atoms with Gasteiger partial charge in [0.15, 0.2) is 0 Å². The lowest BCUT2D eigenvalue weighted by Gasteiger charge is -2.08. The Bertz CT molecular complexity index is 370. The van der Waals surface area contributed by atoms with Gasteiger partial charge in [-0.25, -0.2) is 0 Å². The van der Waals surface area contributed by atoms with Crippen LogP contribution in [-0.2, 0) is 11.2 Å². The summed E-state index contributed by atoms with van der Waals surface area (Å²) in [4.78, 5) is 10.5. The third-order valence-corrected chi connectivity index (χ3v) is 3.03. The van der Waals surface area contributed by atoms with Gasteiger partial charge in [-0.15, -0.1) is 0 Å². The first-order chi connectivity index (χ1) is 7.04. The maximum Gasteiger partial charge on any atom is 0.231 e. The van der Waals surface area contributed by atoms with Gasteiger partial charge in [0.25, 0.3) is 0 Å². The molecule has 0 saturated heterocycles. The van der Waals surface area contributed by atoms with E-state index in [9.17, 15) is 4.79 Å². The number of hydrogen-bond acceptors (Lipinski definition) is 2. The SMILES string of the molecule is COc1cc(CC(Br)C(N)=O)ccc1Cl. The number of carbonyl (C=O) groups is 1. The first-order valence-corrected chi connectivity index (χ1v) is 5.59. The topological polar surface area (TPSA) is 52.3 Å². The van der Waals surface area contributed by atoms with Gasteiger partial charge >= 0.3 is 0 Å². The monoisotopic (exact) mass is 291 g/mol. The molecule has 3 nitrogen and oxygen atoms in total. The van der Waals surface area contributed by atoms with Crippen LogP contribution < -0.4 is 10.5 Å². The van der Waals surface area contributed by atoms with E-state index in [1.54, 1.807) is 19.2 Å². The number of rotatable bonds is 4. The van der Waals surface area contributed by atoms with Crippen LogP contribution in [0.15, 0.2) is 18.2 Å². The maximum absolute atomic E-state index is 10.8. The van der Waals surface area contributed by atoms with Crippen LogP contribution in [0.5, 0.6) is 5.75 Å². The Hall–Kier alpha value is -0.740. The molecule has 0 heterocycles. The van der Waals surface area contributed by atoms with Crippen LogP contribution in [-0.4, -0.2) is 17.8 Å². The van der Waals surface area contributed by atoms with E-state index < -0.39 is 0 Å². The number of halogens is 2. The number of benzene rings is 1. The van der Waals surface area contributed by atoms with E-state index in [1.165, 1.54) is 0 Å². The van der Waals surface area contributed by atoms with Crippen molar-refractivity contribution in [2.75, 3.05) is 7.11 Å². The van der Waals surface area contributed by atoms with Crippen molar-refractivity contribution in [2.45, 2.75) is 11.2 Å². The highest BCUT2D eigenvalue weighted by molar-refractivity contribution is 9.10. The number of ether oxygens (including phenoxy) is 1. The summed E-state index contributed by atoms with van der Waals surface area (Å²) < 4.78 is 5.06. The molecule has 0 bridgehead atoms. The van der Waals surface area contributed by atoms with E-state index >= 15 is 0 Å². The van der Waals surface area contributed by atoms with Crippen LogP contribution in [0.3, 0.4) is 0 Å². The van der Waals surface area contributed by atoms with Gasteiger partial charge in [0.05, 0.1) is 17.0 Å². The van der Waals surface area contributed by atoms with Gasteiger partial charge in [-0.3, -0.25) is 4.79 Å². The smallest absolute Gasteiger partial charge is 0.231 e. The standard InChI is InChI=1S/C10H11BrClNO2/c1-15-9-5-6(2-3-8(9)12)4-7(11)10(13)14/h2-3,5,7H,4H2,1H3,(H2,13,14). The zero-order valence-corrected chi connectivity index (χ0v) is 10.5. The van der Waals surface area contributed by atoms with Crippen molar-refractivity contribution >= 4 is 33.4 Å². The van der Waals surface area contributed by atoms with E-state index in [2.05, 4.69) is 15.9 Å². The second-order valence-corrected chi connectivity index (χ2v) is 4.56. The molecule has 0 aliphatic carbocycles. The molecule has 0 saturated carbocycles. The third kappa shape index (κ3) is 3.39. The molecule has 0 aromatic heterocycles. The Kier molecular flexibility index (Phi) is 4.42. The summed E-state index contributed by atoms with van der Waals surface area (Å²) in [5.74, 6) is 0.210. The first kappa shape index (κ1) is 12.3. The predicted molar refractivity (Wildman–Crippen MR) is 63.6 cm³/mol. The van der Waals surface area contributed by atoms with Gasteiger partial charge in [0.2, 0.25) is 5.91 Å². The lowest BCUT2D eigenvalue weighted by molar-refractivity contribution is -0.117. The number of nitrogens with two attached hydrogens (primary N) is 1. The van der Waals surface area contributed by atoms with Crippen molar-refractivity contribution in [1.82, 2.24) is 0 Å². The van der Waals surface area contributed by atoms with Gasteiger partial charge in [0.1, 0.15) is 5.75 Å². The second kappa shape index (κ2) is 5.37. The van der Waals surface area contributed by atoms with Crippen molar-refractivity contribution in [1.29, 1.82) is 0 Å². The fraction of sp³-hybridized carbons (Fsp3) is 0.300. The number of primary amides is 1. The molecule has 2 N–H and O–H groups in total. The molecule has 1 atom stereocenters. The Labute approximate surface area is 102 Å². The quantitative estimate of drug-likeness (QED) is 0.865. The molecule has 1 aromatic rings. The summed E-state index contributed by atoms with van der Waals surface area (Å²) in [7, 11) is 1.55. The highest BCUT2D eigenvalue weighted by Crippen LogP contribution is 2.26. The van der Waals surface area contributed by atoms with Gasteiger partial charge in [-0.2, -0.15) is 0 Å². The molecule has 0 spiro atoms. The minimum atomic E-state index is -0.385. The summed E-state index contributed by atoms with van der Waals surface area (Å²) >= 11 is 9.06. The molecule has 1 unspecified atom stereocenters. The van der Waals surface area contributed by atoms with E-state index in [1.807, 2.05) is 6.07 Å². The summed E-state index contributed by atoms with van der Waals surface area (Å²) in [5.41, 5.74) is 6.08. The second-order valence-electron chi connectivity index (χ2n) is 3.04. The van der Waals surface area contributed by atoms with E-state index in [0.29, 0.717) is 17.2 Å². The minimum Gasteiger partial charge on any atom is -0.495 e. The Morgan fingerprint density at radius 2 is 2.33 bits per heavy atom. The minimum absolute atomic E-state index is 0.372. The average Bonchev–Trinajstić information content (AvgIpc) is 2.20. The van der Waals surface area contributed by atoms with Crippen molar-refractivity contribution in [3.8, 4) is 5.75 Å². The lowest BCUT2D eigenvalue weighted by atomic mass is 10.1. The van der Waals surface area contributed by atoms with Gasteiger partial charge in [-0.05, 0) is 24.1 Å². The molecular formula is C10H11BrClNO2. The number of hydrogen-bond donors (Lipinski definition) is 1. The zero-order valence-electron chi connectivity index (χ0n) is 8.17. The Morgan fingerprint density at radius 1 is 1.67 bits per heavy atom. The Morgan fingerprint density at radius 3 is 2.87 bits per heavy atom. The fourth-order valence-electron chi connectivity index (χ4n) is 1.14. The van der Waals surface area contributed by atoms with Gasteiger partial charge in [0, 0.05) is 0 Å². The lowest BCUT2D eigenvalue weighted by Crippen LogP contribution is -2.24. The molecule has 0 aliphatic heterocycles. The largest absolute Gasteiger partial charge is 0.495 e. The Balaban J connectivity index is 2.83. The van der Waals surface area contributed by atoms with Crippen LogP contribution >= 0.6 is 27.5 Å². The molecule has 1 amide bonds. The summed E-state index contributed by atoms with van der Waals surface area (Å²) in [6, 6.07) is 5.36. The summed E-state index contributed by atoms with van der Waals surface area (Å²) in [6.45, 7) is 0. The number of amides is 1. The maximum atomic E-state index is 10.8. The van der Waals surface area contributed by atoms with Crippen molar-refractivity contribution < 1.29 is 9.53 Å². The van der Waals surface area contributed by atoms with E-state index in [0.717, 1.165) is 5.56 Å². The molecule has 0 aliphatic rings. The number of carbonyl (C=O) groups excluding carboxylic acids is 1. The molecule has 5 heteroatoms. The number of alkyl halides is 1. The molecule has 0 fully saturated rings. The molecule has 82 valence electrons. The highest BCUT2D eigenvalue weighted by Gasteiger charge is 2.12. The first-order valence-electron chi connectivity index (χ1n) is 4.30.